The first kappa shape index (κ1) is 17.3. The van der Waals surface area contributed by atoms with Crippen LogP contribution in [0.3, 0.4) is 0 Å². The molecule has 0 saturated carbocycles. The van der Waals surface area contributed by atoms with Crippen molar-refractivity contribution in [1.82, 2.24) is 4.90 Å². The number of carbonyl (C=O) groups is 2. The molecule has 1 N–H and O–H groups in total. The van der Waals surface area contributed by atoms with E-state index in [1.165, 1.54) is 0 Å². The third-order valence-electron chi connectivity index (χ3n) is 3.63. The number of esters is 1. The van der Waals surface area contributed by atoms with E-state index in [4.69, 9.17) is 0 Å². The topological polar surface area (TPSA) is 153 Å². The number of nitro benzene ring substituents is 2. The maximum Gasteiger partial charge on any atom is 0.328 e. The number of aliphatic hydroxyl groups excluding tert-OH is 1. The van der Waals surface area contributed by atoms with Crippen LogP contribution in [-0.4, -0.2) is 57.5 Å². The molecule has 2 atom stereocenters. The van der Waals surface area contributed by atoms with Gasteiger partial charge in [0.1, 0.15) is 11.6 Å². The highest BCUT2D eigenvalue weighted by atomic mass is 16.6. The Morgan fingerprint density at radius 1 is 1.29 bits per heavy atom. The summed E-state index contributed by atoms with van der Waals surface area (Å²) >= 11 is 0. The number of rotatable bonds is 4. The highest BCUT2D eigenvalue weighted by molar-refractivity contribution is 6.00. The lowest BCUT2D eigenvalue weighted by Crippen LogP contribution is -2.41. The lowest BCUT2D eigenvalue weighted by atomic mass is 10.1. The van der Waals surface area contributed by atoms with Crippen LogP contribution in [0, 0.1) is 20.2 Å². The zero-order chi connectivity index (χ0) is 18.0. The van der Waals surface area contributed by atoms with Crippen molar-refractivity contribution >= 4 is 23.3 Å². The number of non-ortho nitro benzene ring substituents is 1. The zero-order valence-corrected chi connectivity index (χ0v) is 12.4. The summed E-state index contributed by atoms with van der Waals surface area (Å²) in [5, 5.41) is 31.5. The highest BCUT2D eigenvalue weighted by Crippen LogP contribution is 2.29. The van der Waals surface area contributed by atoms with Gasteiger partial charge in [-0.15, -0.1) is 0 Å². The monoisotopic (exact) mass is 339 g/mol. The average Bonchev–Trinajstić information content (AvgIpc) is 2.94. The maximum absolute atomic E-state index is 12.6. The van der Waals surface area contributed by atoms with Crippen LogP contribution in [0.25, 0.3) is 0 Å². The van der Waals surface area contributed by atoms with E-state index in [0.717, 1.165) is 24.1 Å². The summed E-state index contributed by atoms with van der Waals surface area (Å²) < 4.78 is 4.56. The summed E-state index contributed by atoms with van der Waals surface area (Å²) in [5.41, 5.74) is -1.70. The van der Waals surface area contributed by atoms with Crippen molar-refractivity contribution in [3.63, 3.8) is 0 Å². The third kappa shape index (κ3) is 3.15. The molecule has 11 heteroatoms. The fraction of sp³-hybridized carbons (Fsp3) is 0.385. The van der Waals surface area contributed by atoms with Crippen LogP contribution in [-0.2, 0) is 9.53 Å². The molecule has 0 radical (unpaired) electrons. The van der Waals surface area contributed by atoms with E-state index in [9.17, 15) is 34.9 Å². The van der Waals surface area contributed by atoms with E-state index in [2.05, 4.69) is 4.74 Å². The number of ether oxygens (including phenoxy) is 1. The average molecular weight is 339 g/mol. The van der Waals surface area contributed by atoms with Gasteiger partial charge in [0.25, 0.3) is 17.3 Å². The predicted molar refractivity (Wildman–Crippen MR) is 77.2 cm³/mol. The minimum absolute atomic E-state index is 0.0564. The number of methoxy groups -OCH3 is 1. The Morgan fingerprint density at radius 3 is 2.50 bits per heavy atom. The van der Waals surface area contributed by atoms with Crippen LogP contribution >= 0.6 is 0 Å². The summed E-state index contributed by atoms with van der Waals surface area (Å²) in [5.74, 6) is -1.65. The van der Waals surface area contributed by atoms with E-state index < -0.39 is 50.8 Å². The van der Waals surface area contributed by atoms with Gasteiger partial charge in [-0.05, 0) is 6.07 Å². The van der Waals surface area contributed by atoms with Gasteiger partial charge in [0, 0.05) is 19.0 Å². The van der Waals surface area contributed by atoms with Crippen molar-refractivity contribution in [1.29, 1.82) is 0 Å². The van der Waals surface area contributed by atoms with Gasteiger partial charge in [-0.1, -0.05) is 0 Å². The SMILES string of the molecule is COC(=O)[C@@H]1C[C@@H](O)CN1C(=O)c1ccc([N+](=O)[O-])cc1[N+](=O)[O-]. The number of hydrogen-bond acceptors (Lipinski definition) is 8. The van der Waals surface area contributed by atoms with Gasteiger partial charge in [-0.2, -0.15) is 0 Å². The van der Waals surface area contributed by atoms with Crippen molar-refractivity contribution in [2.45, 2.75) is 18.6 Å². The lowest BCUT2D eigenvalue weighted by molar-refractivity contribution is -0.394. The van der Waals surface area contributed by atoms with Gasteiger partial charge in [0.05, 0.1) is 29.1 Å². The molecule has 128 valence electrons. The lowest BCUT2D eigenvalue weighted by Gasteiger charge is -2.22. The number of nitro groups is 2. The van der Waals surface area contributed by atoms with Crippen LogP contribution in [0.5, 0.6) is 0 Å². The molecular formula is C13H13N3O8. The normalized spacial score (nSPS) is 19.8. The quantitative estimate of drug-likeness (QED) is 0.465. The Balaban J connectivity index is 2.43. The summed E-state index contributed by atoms with van der Waals surface area (Å²) in [6.45, 7) is -0.202. The molecular weight excluding hydrogens is 326 g/mol. The van der Waals surface area contributed by atoms with E-state index in [1.54, 1.807) is 0 Å². The van der Waals surface area contributed by atoms with E-state index in [0.29, 0.717) is 6.07 Å². The molecule has 0 spiro atoms. The van der Waals surface area contributed by atoms with Gasteiger partial charge in [-0.25, -0.2) is 4.79 Å². The van der Waals surface area contributed by atoms with Crippen molar-refractivity contribution in [3.05, 3.63) is 44.0 Å². The number of β-amino-alcohol motifs (C(OH)–C–C–N with tert-alkyl or cyclic N) is 1. The van der Waals surface area contributed by atoms with Crippen LogP contribution in [0.15, 0.2) is 18.2 Å². The van der Waals surface area contributed by atoms with E-state index in [-0.39, 0.29) is 13.0 Å². The third-order valence-corrected chi connectivity index (χ3v) is 3.63. The summed E-state index contributed by atoms with van der Waals surface area (Å²) in [6, 6.07) is 1.51. The number of carbonyl (C=O) groups excluding carboxylic acids is 2. The number of benzene rings is 1. The van der Waals surface area contributed by atoms with Crippen molar-refractivity contribution in [2.75, 3.05) is 13.7 Å². The molecule has 1 fully saturated rings. The zero-order valence-electron chi connectivity index (χ0n) is 12.4. The first-order chi connectivity index (χ1) is 11.3. The Kier molecular flexibility index (Phi) is 4.74. The molecule has 0 aromatic heterocycles. The molecule has 1 saturated heterocycles. The van der Waals surface area contributed by atoms with Crippen LogP contribution < -0.4 is 0 Å². The number of amides is 1. The molecule has 1 aromatic carbocycles. The van der Waals surface area contributed by atoms with Gasteiger partial charge >= 0.3 is 5.97 Å². The van der Waals surface area contributed by atoms with Crippen molar-refractivity contribution < 1.29 is 29.3 Å². The Bertz CT molecular complexity index is 719. The van der Waals surface area contributed by atoms with Crippen molar-refractivity contribution in [3.8, 4) is 0 Å². The molecule has 0 unspecified atom stereocenters. The second-order valence-electron chi connectivity index (χ2n) is 5.10. The first-order valence-corrected chi connectivity index (χ1v) is 6.76. The molecule has 11 nitrogen and oxygen atoms in total. The second kappa shape index (κ2) is 6.58. The standard InChI is InChI=1S/C13H13N3O8/c1-24-13(19)11-5-8(17)6-14(11)12(18)9-3-2-7(15(20)21)4-10(9)16(22)23/h2-4,8,11,17H,5-6H2,1H3/t8-,11+/m1/s1. The molecule has 1 heterocycles. The molecule has 0 bridgehead atoms. The summed E-state index contributed by atoms with van der Waals surface area (Å²) in [7, 11) is 1.12. The fourth-order valence-electron chi connectivity index (χ4n) is 2.52. The fourth-order valence-corrected chi connectivity index (χ4v) is 2.52. The van der Waals surface area contributed by atoms with Crippen molar-refractivity contribution in [2.24, 2.45) is 0 Å². The van der Waals surface area contributed by atoms with Gasteiger partial charge in [0.2, 0.25) is 0 Å². The minimum Gasteiger partial charge on any atom is -0.467 e. The molecule has 1 amide bonds. The molecule has 2 rings (SSSR count). The maximum atomic E-state index is 12.6. The Labute approximate surface area is 134 Å². The largest absolute Gasteiger partial charge is 0.467 e. The van der Waals surface area contributed by atoms with E-state index in [1.807, 2.05) is 0 Å². The smallest absolute Gasteiger partial charge is 0.328 e. The Morgan fingerprint density at radius 2 is 1.96 bits per heavy atom. The number of hydrogen-bond donors (Lipinski definition) is 1. The number of likely N-dealkylation sites (tertiary alicyclic amines) is 1. The van der Waals surface area contributed by atoms with Crippen LogP contribution in [0.2, 0.25) is 0 Å². The molecule has 1 aliphatic heterocycles. The molecule has 24 heavy (non-hydrogen) atoms. The van der Waals surface area contributed by atoms with E-state index >= 15 is 0 Å². The minimum atomic E-state index is -1.08. The van der Waals surface area contributed by atoms with Gasteiger partial charge in [-0.3, -0.25) is 25.0 Å². The Hall–Kier alpha value is -3.08. The molecule has 0 aliphatic carbocycles. The molecule has 1 aromatic rings. The van der Waals surface area contributed by atoms with Crippen LogP contribution in [0.1, 0.15) is 16.8 Å². The second-order valence-corrected chi connectivity index (χ2v) is 5.10. The predicted octanol–water partition coefficient (Wildman–Crippen LogP) is 0.251. The number of aliphatic hydroxyl groups is 1. The molecule has 1 aliphatic rings. The first-order valence-electron chi connectivity index (χ1n) is 6.76. The summed E-state index contributed by atoms with van der Waals surface area (Å²) in [4.78, 5) is 45.4. The number of nitrogens with zero attached hydrogens (tertiary/aromatic N) is 3. The summed E-state index contributed by atoms with van der Waals surface area (Å²) in [6.07, 6.45) is -1.03. The van der Waals surface area contributed by atoms with Gasteiger partial charge < -0.3 is 14.7 Å². The highest BCUT2D eigenvalue weighted by Gasteiger charge is 2.41. The van der Waals surface area contributed by atoms with Crippen LogP contribution in [0.4, 0.5) is 11.4 Å². The van der Waals surface area contributed by atoms with Gasteiger partial charge in [0.15, 0.2) is 0 Å².